The second kappa shape index (κ2) is 6.84. The molecule has 7 heteroatoms. The van der Waals surface area contributed by atoms with Crippen LogP contribution in [0.5, 0.6) is 5.88 Å². The normalized spacial score (nSPS) is 10.3. The highest BCUT2D eigenvalue weighted by Gasteiger charge is 2.25. The molecule has 1 aromatic carbocycles. The van der Waals surface area contributed by atoms with E-state index in [1.807, 2.05) is 31.2 Å². The summed E-state index contributed by atoms with van der Waals surface area (Å²) >= 11 is 0. The quantitative estimate of drug-likeness (QED) is 0.651. The van der Waals surface area contributed by atoms with Gasteiger partial charge in [-0.25, -0.2) is 4.98 Å². The molecule has 0 radical (unpaired) electrons. The molecule has 0 saturated carbocycles. The predicted molar refractivity (Wildman–Crippen MR) is 83.1 cm³/mol. The Bertz CT molecular complexity index is 671. The molecule has 0 fully saturated rings. The van der Waals surface area contributed by atoms with Crippen molar-refractivity contribution in [3.05, 3.63) is 51.3 Å². The van der Waals surface area contributed by atoms with Crippen molar-refractivity contribution in [3.8, 4) is 5.88 Å². The van der Waals surface area contributed by atoms with Crippen molar-refractivity contribution in [3.63, 3.8) is 0 Å². The van der Waals surface area contributed by atoms with Crippen LogP contribution in [-0.4, -0.2) is 21.5 Å². The Kier molecular flexibility index (Phi) is 4.88. The minimum atomic E-state index is -0.526. The highest BCUT2D eigenvalue weighted by molar-refractivity contribution is 5.61. The van der Waals surface area contributed by atoms with Crippen LogP contribution in [0.15, 0.2) is 24.3 Å². The Hall–Kier alpha value is -2.70. The number of rotatable bonds is 6. The monoisotopic (exact) mass is 302 g/mol. The van der Waals surface area contributed by atoms with E-state index in [1.165, 1.54) is 0 Å². The minimum absolute atomic E-state index is 0.00796. The van der Waals surface area contributed by atoms with Crippen LogP contribution >= 0.6 is 0 Å². The van der Waals surface area contributed by atoms with Gasteiger partial charge in [0.1, 0.15) is 5.82 Å². The van der Waals surface area contributed by atoms with Crippen LogP contribution in [0.4, 0.5) is 11.5 Å². The van der Waals surface area contributed by atoms with E-state index in [2.05, 4.69) is 15.3 Å². The molecule has 2 aromatic rings. The summed E-state index contributed by atoms with van der Waals surface area (Å²) in [6.07, 6.45) is 0. The number of nitrogens with zero attached hydrogens (tertiary/aromatic N) is 3. The first kappa shape index (κ1) is 15.7. The fourth-order valence-corrected chi connectivity index (χ4v) is 1.96. The van der Waals surface area contributed by atoms with Gasteiger partial charge in [-0.1, -0.05) is 29.8 Å². The zero-order valence-electron chi connectivity index (χ0n) is 12.8. The number of aromatic nitrogens is 2. The first-order chi connectivity index (χ1) is 10.5. The minimum Gasteiger partial charge on any atom is -0.473 e. The average Bonchev–Trinajstić information content (AvgIpc) is 2.46. The number of nitro groups is 1. The summed E-state index contributed by atoms with van der Waals surface area (Å²) in [6, 6.07) is 7.90. The largest absolute Gasteiger partial charge is 0.473 e. The van der Waals surface area contributed by atoms with Crippen molar-refractivity contribution in [1.82, 2.24) is 9.97 Å². The summed E-state index contributed by atoms with van der Waals surface area (Å²) in [6.45, 7) is 6.16. The number of aryl methyl sites for hydroxylation is 2. The molecule has 0 aliphatic heterocycles. The zero-order chi connectivity index (χ0) is 16.1. The van der Waals surface area contributed by atoms with Gasteiger partial charge in [-0.05, 0) is 26.3 Å². The fraction of sp³-hybridized carbons (Fsp3) is 0.333. The maximum absolute atomic E-state index is 11.3. The molecule has 0 bridgehead atoms. The van der Waals surface area contributed by atoms with E-state index in [-0.39, 0.29) is 17.4 Å². The maximum Gasteiger partial charge on any atom is 0.372 e. The van der Waals surface area contributed by atoms with Gasteiger partial charge in [-0.15, -0.1) is 0 Å². The van der Waals surface area contributed by atoms with Crippen LogP contribution in [0.2, 0.25) is 0 Å². The van der Waals surface area contributed by atoms with E-state index in [9.17, 15) is 10.1 Å². The topological polar surface area (TPSA) is 90.2 Å². The Morgan fingerprint density at radius 1 is 1.23 bits per heavy atom. The van der Waals surface area contributed by atoms with Gasteiger partial charge in [0, 0.05) is 6.54 Å². The number of anilines is 1. The molecule has 1 heterocycles. The van der Waals surface area contributed by atoms with Crippen LogP contribution in [0.1, 0.15) is 23.9 Å². The number of hydrogen-bond donors (Lipinski definition) is 1. The van der Waals surface area contributed by atoms with Crippen molar-refractivity contribution in [2.75, 3.05) is 11.9 Å². The predicted octanol–water partition coefficient (Wildman–Crippen LogP) is 3.01. The third kappa shape index (κ3) is 3.69. The molecule has 0 aliphatic rings. The lowest BCUT2D eigenvalue weighted by molar-refractivity contribution is -0.385. The molecule has 0 aliphatic carbocycles. The summed E-state index contributed by atoms with van der Waals surface area (Å²) in [7, 11) is 0. The highest BCUT2D eigenvalue weighted by atomic mass is 16.6. The lowest BCUT2D eigenvalue weighted by atomic mass is 10.1. The molecule has 0 atom stereocenters. The highest BCUT2D eigenvalue weighted by Crippen LogP contribution is 2.32. The Labute approximate surface area is 128 Å². The maximum atomic E-state index is 11.3. The average molecular weight is 302 g/mol. The van der Waals surface area contributed by atoms with E-state index >= 15 is 0 Å². The molecule has 0 spiro atoms. The molecule has 0 amide bonds. The van der Waals surface area contributed by atoms with E-state index < -0.39 is 4.92 Å². The SMILES string of the molecule is CCOc1nc(C)nc(NCc2ccc(C)cc2)c1[N+](=O)[O-]. The van der Waals surface area contributed by atoms with E-state index in [4.69, 9.17) is 4.74 Å². The molecular formula is C15H18N4O3. The van der Waals surface area contributed by atoms with Crippen molar-refractivity contribution in [1.29, 1.82) is 0 Å². The molecule has 22 heavy (non-hydrogen) atoms. The number of benzene rings is 1. The summed E-state index contributed by atoms with van der Waals surface area (Å²) < 4.78 is 5.25. The Balaban J connectivity index is 2.28. The first-order valence-corrected chi connectivity index (χ1v) is 6.96. The van der Waals surface area contributed by atoms with Crippen molar-refractivity contribution in [2.24, 2.45) is 0 Å². The van der Waals surface area contributed by atoms with Crippen LogP contribution in [0.3, 0.4) is 0 Å². The second-order valence-corrected chi connectivity index (χ2v) is 4.80. The second-order valence-electron chi connectivity index (χ2n) is 4.80. The number of ether oxygens (including phenoxy) is 1. The summed E-state index contributed by atoms with van der Waals surface area (Å²) in [5.74, 6) is 0.577. The molecule has 116 valence electrons. The van der Waals surface area contributed by atoms with Gasteiger partial charge in [0.2, 0.25) is 5.82 Å². The fourth-order valence-electron chi connectivity index (χ4n) is 1.96. The molecular weight excluding hydrogens is 284 g/mol. The molecule has 0 unspecified atom stereocenters. The standard InChI is InChI=1S/C15H18N4O3/c1-4-22-15-13(19(20)21)14(17-11(3)18-15)16-9-12-7-5-10(2)6-8-12/h5-8H,4,9H2,1-3H3,(H,16,17,18). The lowest BCUT2D eigenvalue weighted by Gasteiger charge is -2.10. The van der Waals surface area contributed by atoms with Crippen LogP contribution in [0.25, 0.3) is 0 Å². The van der Waals surface area contributed by atoms with Crippen LogP contribution in [0, 0.1) is 24.0 Å². The molecule has 2 rings (SSSR count). The molecule has 0 saturated heterocycles. The molecule has 7 nitrogen and oxygen atoms in total. The summed E-state index contributed by atoms with van der Waals surface area (Å²) in [4.78, 5) is 18.9. The first-order valence-electron chi connectivity index (χ1n) is 6.96. The van der Waals surface area contributed by atoms with E-state index in [0.717, 1.165) is 11.1 Å². The van der Waals surface area contributed by atoms with Gasteiger partial charge >= 0.3 is 5.69 Å². The van der Waals surface area contributed by atoms with Gasteiger partial charge in [0.05, 0.1) is 11.5 Å². The number of hydrogen-bond acceptors (Lipinski definition) is 6. The summed E-state index contributed by atoms with van der Waals surface area (Å²) in [5, 5.41) is 14.3. The van der Waals surface area contributed by atoms with Gasteiger partial charge < -0.3 is 10.1 Å². The van der Waals surface area contributed by atoms with Crippen molar-refractivity contribution in [2.45, 2.75) is 27.3 Å². The van der Waals surface area contributed by atoms with E-state index in [1.54, 1.807) is 13.8 Å². The lowest BCUT2D eigenvalue weighted by Crippen LogP contribution is -2.09. The van der Waals surface area contributed by atoms with Crippen molar-refractivity contribution < 1.29 is 9.66 Å². The number of nitrogens with one attached hydrogen (secondary N) is 1. The third-order valence-electron chi connectivity index (χ3n) is 3.01. The summed E-state index contributed by atoms with van der Waals surface area (Å²) in [5.41, 5.74) is 1.93. The van der Waals surface area contributed by atoms with Crippen molar-refractivity contribution >= 4 is 11.5 Å². The van der Waals surface area contributed by atoms with Gasteiger partial charge in [0.15, 0.2) is 0 Å². The van der Waals surface area contributed by atoms with Crippen LogP contribution in [-0.2, 0) is 6.54 Å². The van der Waals surface area contributed by atoms with E-state index in [0.29, 0.717) is 19.0 Å². The smallest absolute Gasteiger partial charge is 0.372 e. The molecule has 1 aromatic heterocycles. The van der Waals surface area contributed by atoms with Gasteiger partial charge in [-0.2, -0.15) is 4.98 Å². The Morgan fingerprint density at radius 2 is 1.91 bits per heavy atom. The zero-order valence-corrected chi connectivity index (χ0v) is 12.8. The third-order valence-corrected chi connectivity index (χ3v) is 3.01. The van der Waals surface area contributed by atoms with Crippen LogP contribution < -0.4 is 10.1 Å². The van der Waals surface area contributed by atoms with Gasteiger partial charge in [-0.3, -0.25) is 10.1 Å². The molecule has 1 N–H and O–H groups in total. The van der Waals surface area contributed by atoms with Gasteiger partial charge in [0.25, 0.3) is 5.88 Å². The Morgan fingerprint density at radius 3 is 2.50 bits per heavy atom.